The van der Waals surface area contributed by atoms with Crippen LogP contribution in [-0.2, 0) is 0 Å². The molecule has 2 aromatic rings. The first-order chi connectivity index (χ1) is 7.37. The van der Waals surface area contributed by atoms with E-state index < -0.39 is 25.7 Å². The normalized spacial score (nSPS) is 12.5. The fourth-order valence-corrected chi connectivity index (χ4v) is 3.10. The number of aromatic nitrogens is 2. The minimum atomic E-state index is -4.20. The Morgan fingerprint density at radius 3 is 2.69 bits per heavy atom. The molecule has 1 aromatic carbocycles. The number of nitrogens with zero attached hydrogens (tertiary/aromatic N) is 2. The van der Waals surface area contributed by atoms with Crippen molar-refractivity contribution in [3.63, 3.8) is 0 Å². The monoisotopic (exact) mass is 406 g/mol. The summed E-state index contributed by atoms with van der Waals surface area (Å²) in [6.45, 7) is 0. The molecule has 16 heavy (non-hydrogen) atoms. The SMILES string of the molecule is Nc1nn([I-]C(F)(F)F)c2cc(Br)ccc12. The first-order valence-corrected chi connectivity index (χ1v) is 6.87. The van der Waals surface area contributed by atoms with Gasteiger partial charge in [0.1, 0.15) is 0 Å². The summed E-state index contributed by atoms with van der Waals surface area (Å²) in [5.41, 5.74) is 5.96. The number of nitrogen functional groups attached to an aromatic ring is 1. The van der Waals surface area contributed by atoms with E-state index in [0.717, 1.165) is 2.90 Å². The summed E-state index contributed by atoms with van der Waals surface area (Å²) < 4.78 is 34.4. The maximum absolute atomic E-state index is 12.3. The third-order valence-corrected chi connectivity index (χ3v) is 4.04. The average molecular weight is 407 g/mol. The third-order valence-electron chi connectivity index (χ3n) is 1.81. The summed E-state index contributed by atoms with van der Waals surface area (Å²) in [6.07, 6.45) is 0. The van der Waals surface area contributed by atoms with E-state index in [1.165, 1.54) is 0 Å². The van der Waals surface area contributed by atoms with Gasteiger partial charge in [-0.05, 0) is 0 Å². The molecule has 0 amide bonds. The Bertz CT molecular complexity index is 537. The van der Waals surface area contributed by atoms with Gasteiger partial charge in [-0.15, -0.1) is 0 Å². The van der Waals surface area contributed by atoms with Gasteiger partial charge in [0.25, 0.3) is 0 Å². The van der Waals surface area contributed by atoms with Crippen molar-refractivity contribution in [1.29, 1.82) is 0 Å². The molecule has 0 unspecified atom stereocenters. The van der Waals surface area contributed by atoms with Crippen LogP contribution in [0.15, 0.2) is 22.7 Å². The quantitative estimate of drug-likeness (QED) is 0.524. The third kappa shape index (κ3) is 2.42. The van der Waals surface area contributed by atoms with Crippen molar-refractivity contribution in [1.82, 2.24) is 7.99 Å². The van der Waals surface area contributed by atoms with Crippen molar-refractivity contribution >= 4 is 32.7 Å². The van der Waals surface area contributed by atoms with E-state index in [2.05, 4.69) is 21.0 Å². The Kier molecular flexibility index (Phi) is 3.03. The van der Waals surface area contributed by atoms with E-state index in [4.69, 9.17) is 5.73 Å². The molecule has 0 saturated heterocycles. The zero-order valence-corrected chi connectivity index (χ0v) is 11.3. The number of alkyl halides is 4. The number of nitrogens with two attached hydrogens (primary N) is 1. The van der Waals surface area contributed by atoms with E-state index in [1.54, 1.807) is 18.2 Å². The van der Waals surface area contributed by atoms with Gasteiger partial charge in [0, 0.05) is 0 Å². The van der Waals surface area contributed by atoms with E-state index >= 15 is 0 Å². The molecular formula is C8H5BrF3IN3-. The molecule has 0 fully saturated rings. The van der Waals surface area contributed by atoms with Crippen LogP contribution in [0, 0.1) is 0 Å². The molecule has 8 heteroatoms. The van der Waals surface area contributed by atoms with Crippen molar-refractivity contribution in [2.24, 2.45) is 0 Å². The van der Waals surface area contributed by atoms with E-state index in [1.807, 2.05) is 0 Å². The molecule has 0 saturated carbocycles. The number of fused-ring (bicyclic) bond motifs is 1. The first kappa shape index (κ1) is 12.0. The molecule has 0 aliphatic heterocycles. The van der Waals surface area contributed by atoms with Gasteiger partial charge in [0.15, 0.2) is 0 Å². The summed E-state index contributed by atoms with van der Waals surface area (Å²) in [5.74, 6) is 0.131. The topological polar surface area (TPSA) is 43.8 Å². The predicted molar refractivity (Wildman–Crippen MR) is 53.3 cm³/mol. The number of anilines is 1. The van der Waals surface area contributed by atoms with Crippen LogP contribution < -0.4 is 27.2 Å². The van der Waals surface area contributed by atoms with Crippen LogP contribution in [0.4, 0.5) is 19.0 Å². The van der Waals surface area contributed by atoms with Crippen LogP contribution in [-0.4, -0.2) is 12.2 Å². The molecular weight excluding hydrogens is 402 g/mol. The number of hydrogen-bond acceptors (Lipinski definition) is 2. The van der Waals surface area contributed by atoms with Gasteiger partial charge in [0.2, 0.25) is 0 Å². The van der Waals surface area contributed by atoms with Gasteiger partial charge in [0.05, 0.1) is 0 Å². The summed E-state index contributed by atoms with van der Waals surface area (Å²) >= 11 is 0.999. The maximum atomic E-state index is 12.3. The molecule has 0 bridgehead atoms. The summed E-state index contributed by atoms with van der Waals surface area (Å²) in [7, 11) is 0. The second-order valence-electron chi connectivity index (χ2n) is 2.92. The van der Waals surface area contributed by atoms with Gasteiger partial charge in [-0.25, -0.2) is 0 Å². The summed E-state index contributed by atoms with van der Waals surface area (Å²) in [4.78, 5) is 0. The molecule has 88 valence electrons. The molecule has 0 spiro atoms. The van der Waals surface area contributed by atoms with Gasteiger partial charge in [-0.1, -0.05) is 0 Å². The van der Waals surface area contributed by atoms with Crippen molar-refractivity contribution in [3.8, 4) is 0 Å². The average Bonchev–Trinajstić information content (AvgIpc) is 2.40. The first-order valence-electron chi connectivity index (χ1n) is 4.04. The second kappa shape index (κ2) is 4.06. The van der Waals surface area contributed by atoms with Crippen LogP contribution in [0.5, 0.6) is 0 Å². The number of benzene rings is 1. The molecule has 1 aromatic heterocycles. The molecule has 0 aliphatic carbocycles. The van der Waals surface area contributed by atoms with Crippen LogP contribution in [0.3, 0.4) is 0 Å². The van der Waals surface area contributed by atoms with Gasteiger partial charge < -0.3 is 0 Å². The summed E-state index contributed by atoms with van der Waals surface area (Å²) in [5, 5.41) is 4.27. The molecule has 1 heterocycles. The Balaban J connectivity index is 2.57. The molecule has 2 rings (SSSR count). The van der Waals surface area contributed by atoms with Crippen LogP contribution >= 0.6 is 15.9 Å². The second-order valence-corrected chi connectivity index (χ2v) is 6.46. The van der Waals surface area contributed by atoms with E-state index in [9.17, 15) is 13.2 Å². The van der Waals surface area contributed by atoms with Crippen LogP contribution in [0.2, 0.25) is 0 Å². The Hall–Kier alpha value is -0.510. The Labute approximate surface area is 108 Å². The van der Waals surface area contributed by atoms with Crippen molar-refractivity contribution < 1.29 is 34.7 Å². The van der Waals surface area contributed by atoms with Crippen LogP contribution in [0.25, 0.3) is 10.9 Å². The van der Waals surface area contributed by atoms with Gasteiger partial charge >= 0.3 is 108 Å². The fourth-order valence-electron chi connectivity index (χ4n) is 1.23. The van der Waals surface area contributed by atoms with Gasteiger partial charge in [-0.3, -0.25) is 0 Å². The standard InChI is InChI=1S/C8H5BrF3IN3/c9-4-1-2-5-6(3-4)16(15-7(5)14)13-8(10,11)12/h1-3H,(H2,14,15)/q-1. The van der Waals surface area contributed by atoms with E-state index in [-0.39, 0.29) is 5.82 Å². The number of hydrogen-bond donors (Lipinski definition) is 1. The summed E-state index contributed by atoms with van der Waals surface area (Å²) in [6, 6.07) is 4.96. The number of halogens is 5. The fraction of sp³-hybridized carbons (Fsp3) is 0.125. The molecule has 2 N–H and O–H groups in total. The van der Waals surface area contributed by atoms with Gasteiger partial charge in [-0.2, -0.15) is 0 Å². The number of rotatable bonds is 1. The predicted octanol–water partition coefficient (Wildman–Crippen LogP) is -0.247. The Morgan fingerprint density at radius 2 is 2.06 bits per heavy atom. The van der Waals surface area contributed by atoms with Crippen molar-refractivity contribution in [2.75, 3.05) is 5.73 Å². The zero-order valence-electron chi connectivity index (χ0n) is 7.59. The van der Waals surface area contributed by atoms with E-state index in [0.29, 0.717) is 15.4 Å². The zero-order chi connectivity index (χ0) is 11.9. The van der Waals surface area contributed by atoms with Crippen LogP contribution in [0.1, 0.15) is 0 Å². The molecule has 0 radical (unpaired) electrons. The van der Waals surface area contributed by atoms with Crippen molar-refractivity contribution in [2.45, 2.75) is 4.18 Å². The van der Waals surface area contributed by atoms with Crippen molar-refractivity contribution in [3.05, 3.63) is 22.7 Å². The molecule has 0 aliphatic rings. The Morgan fingerprint density at radius 1 is 1.38 bits per heavy atom. The minimum absolute atomic E-state index is 0.131. The molecule has 0 atom stereocenters. The molecule has 3 nitrogen and oxygen atoms in total.